The topological polar surface area (TPSA) is 84.0 Å². The molecule has 6 nitrogen and oxygen atoms in total. The fourth-order valence-electron chi connectivity index (χ4n) is 2.00. The predicted molar refractivity (Wildman–Crippen MR) is 88.6 cm³/mol. The summed E-state index contributed by atoms with van der Waals surface area (Å²) in [6.07, 6.45) is 3.11. The molecule has 0 spiro atoms. The Morgan fingerprint density at radius 1 is 1.26 bits per heavy atom. The van der Waals surface area contributed by atoms with E-state index >= 15 is 0 Å². The molecule has 23 heavy (non-hydrogen) atoms. The Morgan fingerprint density at radius 2 is 2.09 bits per heavy atom. The first kappa shape index (κ1) is 15.2. The normalized spacial score (nSPS) is 19.4. The van der Waals surface area contributed by atoms with E-state index in [0.29, 0.717) is 16.5 Å². The van der Waals surface area contributed by atoms with E-state index in [0.717, 1.165) is 0 Å². The van der Waals surface area contributed by atoms with Crippen molar-refractivity contribution in [3.05, 3.63) is 60.1 Å². The predicted octanol–water partition coefficient (Wildman–Crippen LogP) is 2.47. The number of hydrogen-bond acceptors (Lipinski definition) is 6. The first-order valence-corrected chi connectivity index (χ1v) is 7.80. The number of rotatable bonds is 5. The van der Waals surface area contributed by atoms with Crippen molar-refractivity contribution >= 4 is 34.8 Å². The van der Waals surface area contributed by atoms with Gasteiger partial charge in [-0.2, -0.15) is 5.10 Å². The Hall–Kier alpha value is -2.67. The van der Waals surface area contributed by atoms with Crippen molar-refractivity contribution < 1.29 is 14.0 Å². The van der Waals surface area contributed by atoms with Crippen LogP contribution in [0.25, 0.3) is 0 Å². The summed E-state index contributed by atoms with van der Waals surface area (Å²) in [5, 5.41) is 10.3. The minimum atomic E-state index is -0.486. The average Bonchev–Trinajstić information content (AvgIpc) is 3.19. The Labute approximate surface area is 136 Å². The molecule has 2 aromatic rings. The molecule has 1 aromatic heterocycles. The van der Waals surface area contributed by atoms with Gasteiger partial charge in [0.2, 0.25) is 5.91 Å². The Balaban J connectivity index is 1.60. The average molecular weight is 327 g/mol. The molecule has 1 aliphatic rings. The summed E-state index contributed by atoms with van der Waals surface area (Å²) in [5.74, 6) is 0.268. The lowest BCUT2D eigenvalue weighted by Gasteiger charge is -2.04. The maximum atomic E-state index is 12.1. The van der Waals surface area contributed by atoms with Crippen LogP contribution in [-0.2, 0) is 4.79 Å². The highest BCUT2D eigenvalue weighted by molar-refractivity contribution is 8.15. The minimum absolute atomic E-state index is 0.0708. The molecule has 0 aliphatic carbocycles. The molecule has 0 radical (unpaired) electrons. The second kappa shape index (κ2) is 7.06. The summed E-state index contributed by atoms with van der Waals surface area (Å²) in [6.45, 7) is 0. The minimum Gasteiger partial charge on any atom is -0.463 e. The third-order valence-electron chi connectivity index (χ3n) is 3.12. The molecule has 116 valence electrons. The molecule has 1 aliphatic heterocycles. The number of amides is 1. The zero-order valence-electron chi connectivity index (χ0n) is 12.0. The van der Waals surface area contributed by atoms with Crippen molar-refractivity contribution in [3.8, 4) is 0 Å². The number of benzene rings is 1. The summed E-state index contributed by atoms with van der Waals surface area (Å²) in [7, 11) is 0. The molecule has 0 bridgehead atoms. The number of nitrogens with one attached hydrogen (secondary N) is 1. The van der Waals surface area contributed by atoms with E-state index in [2.05, 4.69) is 15.5 Å². The summed E-state index contributed by atoms with van der Waals surface area (Å²) < 4.78 is 5.08. The summed E-state index contributed by atoms with van der Waals surface area (Å²) >= 11 is 1.20. The first-order chi connectivity index (χ1) is 11.2. The molecule has 7 heteroatoms. The number of Topliss-reactive ketones (excluding diaryl/α,β-unsaturated/α-hetero) is 1. The lowest BCUT2D eigenvalue weighted by atomic mass is 10.1. The molecule has 1 N–H and O–H groups in total. The van der Waals surface area contributed by atoms with Crippen LogP contribution in [0.2, 0.25) is 0 Å². The van der Waals surface area contributed by atoms with Gasteiger partial charge < -0.3 is 9.73 Å². The molecule has 1 saturated heterocycles. The largest absolute Gasteiger partial charge is 0.463 e. The third kappa shape index (κ3) is 3.95. The molecule has 1 atom stereocenters. The van der Waals surface area contributed by atoms with E-state index in [1.807, 2.05) is 6.07 Å². The molecule has 1 fully saturated rings. The van der Waals surface area contributed by atoms with Gasteiger partial charge in [-0.05, 0) is 12.1 Å². The van der Waals surface area contributed by atoms with Gasteiger partial charge in [0.25, 0.3) is 0 Å². The van der Waals surface area contributed by atoms with Crippen LogP contribution in [0.15, 0.2) is 63.3 Å². The number of carbonyl (C=O) groups is 2. The van der Waals surface area contributed by atoms with Crippen molar-refractivity contribution in [2.75, 3.05) is 0 Å². The molecule has 1 unspecified atom stereocenters. The summed E-state index contributed by atoms with van der Waals surface area (Å²) in [5.41, 5.74) is 0.599. The van der Waals surface area contributed by atoms with E-state index in [9.17, 15) is 9.59 Å². The van der Waals surface area contributed by atoms with E-state index in [1.165, 1.54) is 24.2 Å². The van der Waals surface area contributed by atoms with Crippen LogP contribution in [0, 0.1) is 0 Å². The van der Waals surface area contributed by atoms with E-state index in [-0.39, 0.29) is 18.1 Å². The van der Waals surface area contributed by atoms with Crippen LogP contribution in [-0.4, -0.2) is 28.3 Å². The zero-order valence-corrected chi connectivity index (χ0v) is 12.8. The smallest absolute Gasteiger partial charge is 0.240 e. The maximum Gasteiger partial charge on any atom is 0.240 e. The van der Waals surface area contributed by atoms with Gasteiger partial charge in [0.05, 0.1) is 17.7 Å². The standard InChI is InChI=1S/C16H13N3O3S/c20-13(11-5-2-1-3-6-11)9-14-15(21)18-16(23-14)19-17-10-12-7-4-8-22-12/h1-8,10,14H,9H2,(H,18,19,21). The Bertz CT molecular complexity index is 754. The van der Waals surface area contributed by atoms with Crippen LogP contribution < -0.4 is 5.32 Å². The molecular weight excluding hydrogens is 314 g/mol. The number of carbonyl (C=O) groups excluding carboxylic acids is 2. The van der Waals surface area contributed by atoms with E-state index in [1.54, 1.807) is 36.4 Å². The van der Waals surface area contributed by atoms with Gasteiger partial charge >= 0.3 is 0 Å². The van der Waals surface area contributed by atoms with Crippen molar-refractivity contribution in [3.63, 3.8) is 0 Å². The van der Waals surface area contributed by atoms with Crippen LogP contribution in [0.4, 0.5) is 0 Å². The van der Waals surface area contributed by atoms with E-state index in [4.69, 9.17) is 4.42 Å². The fourth-order valence-corrected chi connectivity index (χ4v) is 2.92. The van der Waals surface area contributed by atoms with Crippen molar-refractivity contribution in [1.29, 1.82) is 0 Å². The number of nitrogens with zero attached hydrogens (tertiary/aromatic N) is 2. The molecular formula is C16H13N3O3S. The van der Waals surface area contributed by atoms with E-state index < -0.39 is 5.25 Å². The van der Waals surface area contributed by atoms with Crippen LogP contribution in [0.5, 0.6) is 0 Å². The quantitative estimate of drug-likeness (QED) is 0.519. The van der Waals surface area contributed by atoms with Crippen LogP contribution in [0.3, 0.4) is 0 Å². The van der Waals surface area contributed by atoms with Gasteiger partial charge in [0.1, 0.15) is 5.76 Å². The number of thioether (sulfide) groups is 1. The lowest BCUT2D eigenvalue weighted by molar-refractivity contribution is -0.118. The molecule has 2 heterocycles. The Morgan fingerprint density at radius 3 is 2.83 bits per heavy atom. The SMILES string of the molecule is O=C(CC1SC(=NN=Cc2ccco2)NC1=O)c1ccccc1. The van der Waals surface area contributed by atoms with Crippen LogP contribution in [0.1, 0.15) is 22.5 Å². The lowest BCUT2D eigenvalue weighted by Crippen LogP contribution is -2.26. The molecule has 0 saturated carbocycles. The number of ketones is 1. The molecule has 1 amide bonds. The molecule has 1 aromatic carbocycles. The van der Waals surface area contributed by atoms with Crippen molar-refractivity contribution in [2.45, 2.75) is 11.7 Å². The first-order valence-electron chi connectivity index (χ1n) is 6.92. The maximum absolute atomic E-state index is 12.1. The summed E-state index contributed by atoms with van der Waals surface area (Å²) in [6, 6.07) is 12.4. The van der Waals surface area contributed by atoms with Crippen LogP contribution >= 0.6 is 11.8 Å². The van der Waals surface area contributed by atoms with Gasteiger partial charge in [-0.3, -0.25) is 9.59 Å². The van der Waals surface area contributed by atoms with Crippen molar-refractivity contribution in [2.24, 2.45) is 10.2 Å². The van der Waals surface area contributed by atoms with Gasteiger partial charge in [-0.25, -0.2) is 0 Å². The second-order valence-electron chi connectivity index (χ2n) is 4.75. The highest BCUT2D eigenvalue weighted by Crippen LogP contribution is 2.24. The fraction of sp³-hybridized carbons (Fsp3) is 0.125. The second-order valence-corrected chi connectivity index (χ2v) is 5.95. The van der Waals surface area contributed by atoms with Crippen molar-refractivity contribution in [1.82, 2.24) is 5.32 Å². The highest BCUT2D eigenvalue weighted by atomic mass is 32.2. The van der Waals surface area contributed by atoms with Gasteiger partial charge in [-0.15, -0.1) is 5.10 Å². The number of furan rings is 1. The van der Waals surface area contributed by atoms with Gasteiger partial charge in [-0.1, -0.05) is 42.1 Å². The highest BCUT2D eigenvalue weighted by Gasteiger charge is 2.32. The zero-order chi connectivity index (χ0) is 16.1. The molecule has 3 rings (SSSR count). The number of hydrogen-bond donors (Lipinski definition) is 1. The Kier molecular flexibility index (Phi) is 4.68. The van der Waals surface area contributed by atoms with Gasteiger partial charge in [0, 0.05) is 12.0 Å². The monoisotopic (exact) mass is 327 g/mol. The van der Waals surface area contributed by atoms with Gasteiger partial charge in [0.15, 0.2) is 11.0 Å². The third-order valence-corrected chi connectivity index (χ3v) is 4.19. The number of amidine groups is 1. The summed E-state index contributed by atoms with van der Waals surface area (Å²) in [4.78, 5) is 24.1.